The monoisotopic (exact) mass is 272 g/mol. The molecule has 0 bridgehead atoms. The molecule has 0 fully saturated rings. The molecule has 0 aliphatic rings. The quantitative estimate of drug-likeness (QED) is 0.353. The van der Waals surface area contributed by atoms with Gasteiger partial charge in [0.05, 0.1) is 21.3 Å². The zero-order chi connectivity index (χ0) is 13.7. The molecule has 0 aliphatic carbocycles. The van der Waals surface area contributed by atoms with Crippen LogP contribution in [-0.4, -0.2) is 38.5 Å². The third-order valence-corrected chi connectivity index (χ3v) is 2.68. The molecule has 1 aromatic rings. The van der Waals surface area contributed by atoms with Gasteiger partial charge in [-0.15, -0.1) is 11.6 Å². The number of halogens is 1. The van der Waals surface area contributed by atoms with E-state index in [1.807, 2.05) is 0 Å². The maximum absolute atomic E-state index is 11.9. The average Bonchev–Trinajstić information content (AvgIpc) is 2.43. The Bertz CT molecular complexity index is 458. The maximum Gasteiger partial charge on any atom is 0.331 e. The topological polar surface area (TPSA) is 61.8 Å². The van der Waals surface area contributed by atoms with Crippen LogP contribution in [0.5, 0.6) is 11.5 Å². The van der Waals surface area contributed by atoms with Crippen LogP contribution in [0.2, 0.25) is 0 Å². The Morgan fingerprint density at radius 2 is 1.72 bits per heavy atom. The molecule has 1 atom stereocenters. The number of hydrogen-bond donors (Lipinski definition) is 0. The molecule has 98 valence electrons. The van der Waals surface area contributed by atoms with E-state index in [1.165, 1.54) is 33.5 Å². The Morgan fingerprint density at radius 3 is 2.22 bits per heavy atom. The number of rotatable bonds is 5. The molecule has 5 nitrogen and oxygen atoms in total. The molecule has 1 unspecified atom stereocenters. The lowest BCUT2D eigenvalue weighted by Gasteiger charge is -2.10. The van der Waals surface area contributed by atoms with Gasteiger partial charge in [-0.05, 0) is 18.2 Å². The van der Waals surface area contributed by atoms with Gasteiger partial charge in [0, 0.05) is 5.56 Å². The molecule has 0 radical (unpaired) electrons. The summed E-state index contributed by atoms with van der Waals surface area (Å²) in [6.07, 6.45) is 0. The summed E-state index contributed by atoms with van der Waals surface area (Å²) in [6, 6.07) is 4.52. The normalized spacial score (nSPS) is 11.6. The second kappa shape index (κ2) is 6.26. The van der Waals surface area contributed by atoms with Crippen LogP contribution in [0, 0.1) is 0 Å². The molecule has 6 heteroatoms. The number of benzene rings is 1. The molecule has 0 aliphatic heterocycles. The van der Waals surface area contributed by atoms with Gasteiger partial charge in [-0.25, -0.2) is 4.79 Å². The predicted octanol–water partition coefficient (Wildman–Crippen LogP) is 1.67. The van der Waals surface area contributed by atoms with Gasteiger partial charge in [0.25, 0.3) is 0 Å². The number of hydrogen-bond acceptors (Lipinski definition) is 5. The minimum atomic E-state index is -1.37. The summed E-state index contributed by atoms with van der Waals surface area (Å²) in [5.41, 5.74) is 0.248. The molecule has 18 heavy (non-hydrogen) atoms. The number of alkyl halides is 1. The third-order valence-electron chi connectivity index (χ3n) is 2.31. The van der Waals surface area contributed by atoms with Gasteiger partial charge >= 0.3 is 5.97 Å². The first-order valence-corrected chi connectivity index (χ1v) is 5.47. The summed E-state index contributed by atoms with van der Waals surface area (Å²) in [5, 5.41) is -1.37. The number of esters is 1. The summed E-state index contributed by atoms with van der Waals surface area (Å²) in [7, 11) is 4.10. The van der Waals surface area contributed by atoms with Crippen molar-refractivity contribution in [1.82, 2.24) is 0 Å². The van der Waals surface area contributed by atoms with Crippen LogP contribution < -0.4 is 9.47 Å². The standard InChI is InChI=1S/C12H13ClO5/c1-16-8-5-4-7(6-9(8)17-2)11(14)10(13)12(15)18-3/h4-6,10H,1-3H3. The SMILES string of the molecule is COC(=O)C(Cl)C(=O)c1ccc(OC)c(OC)c1. The number of methoxy groups -OCH3 is 3. The summed E-state index contributed by atoms with van der Waals surface area (Å²) >= 11 is 5.69. The second-order valence-electron chi connectivity index (χ2n) is 3.32. The van der Waals surface area contributed by atoms with Crippen molar-refractivity contribution >= 4 is 23.4 Å². The van der Waals surface area contributed by atoms with Crippen molar-refractivity contribution in [3.05, 3.63) is 23.8 Å². The molecule has 0 saturated heterocycles. The lowest BCUT2D eigenvalue weighted by atomic mass is 10.1. The number of ketones is 1. The van der Waals surface area contributed by atoms with E-state index in [1.54, 1.807) is 6.07 Å². The highest BCUT2D eigenvalue weighted by atomic mass is 35.5. The highest BCUT2D eigenvalue weighted by Gasteiger charge is 2.26. The average molecular weight is 273 g/mol. The predicted molar refractivity (Wildman–Crippen MR) is 65.5 cm³/mol. The van der Waals surface area contributed by atoms with E-state index in [-0.39, 0.29) is 5.56 Å². The molecular weight excluding hydrogens is 260 g/mol. The number of carbonyl (C=O) groups excluding carboxylic acids is 2. The lowest BCUT2D eigenvalue weighted by molar-refractivity contribution is -0.139. The van der Waals surface area contributed by atoms with E-state index in [0.29, 0.717) is 11.5 Å². The van der Waals surface area contributed by atoms with Crippen LogP contribution in [0.3, 0.4) is 0 Å². The summed E-state index contributed by atoms with van der Waals surface area (Å²) in [4.78, 5) is 23.1. The second-order valence-corrected chi connectivity index (χ2v) is 3.76. The van der Waals surface area contributed by atoms with E-state index in [0.717, 1.165) is 0 Å². The highest BCUT2D eigenvalue weighted by Crippen LogP contribution is 2.28. The van der Waals surface area contributed by atoms with Gasteiger partial charge in [0.15, 0.2) is 22.7 Å². The van der Waals surface area contributed by atoms with Crippen LogP contribution >= 0.6 is 11.6 Å². The van der Waals surface area contributed by atoms with Crippen LogP contribution in [0.4, 0.5) is 0 Å². The molecule has 0 saturated carbocycles. The molecule has 0 N–H and O–H groups in total. The molecule has 0 heterocycles. The van der Waals surface area contributed by atoms with Crippen molar-refractivity contribution in [2.45, 2.75) is 5.38 Å². The number of ether oxygens (including phenoxy) is 3. The Labute approximate surface area is 110 Å². The Kier molecular flexibility index (Phi) is 4.97. The van der Waals surface area contributed by atoms with Crippen molar-refractivity contribution < 1.29 is 23.8 Å². The minimum absolute atomic E-state index is 0.248. The highest BCUT2D eigenvalue weighted by molar-refractivity contribution is 6.43. The molecular formula is C12H13ClO5. The zero-order valence-electron chi connectivity index (χ0n) is 10.2. The largest absolute Gasteiger partial charge is 0.493 e. The fourth-order valence-corrected chi connectivity index (χ4v) is 1.56. The lowest BCUT2D eigenvalue weighted by Crippen LogP contribution is -2.25. The molecule has 1 aromatic carbocycles. The summed E-state index contributed by atoms with van der Waals surface area (Å²) in [5.74, 6) is -0.476. The fourth-order valence-electron chi connectivity index (χ4n) is 1.35. The molecule has 0 amide bonds. The van der Waals surface area contributed by atoms with Crippen molar-refractivity contribution in [2.24, 2.45) is 0 Å². The van der Waals surface area contributed by atoms with Gasteiger partial charge < -0.3 is 14.2 Å². The van der Waals surface area contributed by atoms with E-state index in [9.17, 15) is 9.59 Å². The van der Waals surface area contributed by atoms with E-state index in [4.69, 9.17) is 21.1 Å². The van der Waals surface area contributed by atoms with E-state index >= 15 is 0 Å². The van der Waals surface area contributed by atoms with Crippen molar-refractivity contribution in [1.29, 1.82) is 0 Å². The third kappa shape index (κ3) is 2.92. The maximum atomic E-state index is 11.9. The Morgan fingerprint density at radius 1 is 1.11 bits per heavy atom. The van der Waals surface area contributed by atoms with E-state index < -0.39 is 17.1 Å². The zero-order valence-corrected chi connectivity index (χ0v) is 11.0. The van der Waals surface area contributed by atoms with Crippen LogP contribution in [0.1, 0.15) is 10.4 Å². The number of Topliss-reactive ketones (excluding diaryl/α,β-unsaturated/α-hetero) is 1. The van der Waals surface area contributed by atoms with Crippen molar-refractivity contribution in [3.8, 4) is 11.5 Å². The van der Waals surface area contributed by atoms with Gasteiger partial charge in [0.1, 0.15) is 0 Å². The Hall–Kier alpha value is -1.75. The first-order chi connectivity index (χ1) is 8.54. The van der Waals surface area contributed by atoms with Crippen LogP contribution in [-0.2, 0) is 9.53 Å². The van der Waals surface area contributed by atoms with Gasteiger partial charge in [-0.3, -0.25) is 4.79 Å². The Balaban J connectivity index is 3.03. The summed E-state index contributed by atoms with van der Waals surface area (Å²) in [6.45, 7) is 0. The van der Waals surface area contributed by atoms with Crippen LogP contribution in [0.25, 0.3) is 0 Å². The minimum Gasteiger partial charge on any atom is -0.493 e. The van der Waals surface area contributed by atoms with Crippen molar-refractivity contribution in [2.75, 3.05) is 21.3 Å². The van der Waals surface area contributed by atoms with Crippen LogP contribution in [0.15, 0.2) is 18.2 Å². The van der Waals surface area contributed by atoms with Gasteiger partial charge in [0.2, 0.25) is 0 Å². The van der Waals surface area contributed by atoms with E-state index in [2.05, 4.69) is 4.74 Å². The number of carbonyl (C=O) groups is 2. The summed E-state index contributed by atoms with van der Waals surface area (Å²) < 4.78 is 14.5. The van der Waals surface area contributed by atoms with Crippen molar-refractivity contribution in [3.63, 3.8) is 0 Å². The first-order valence-electron chi connectivity index (χ1n) is 5.03. The molecule has 0 spiro atoms. The molecule has 0 aromatic heterocycles. The molecule has 1 rings (SSSR count). The van der Waals surface area contributed by atoms with Gasteiger partial charge in [-0.1, -0.05) is 0 Å². The van der Waals surface area contributed by atoms with Gasteiger partial charge in [-0.2, -0.15) is 0 Å². The fraction of sp³-hybridized carbons (Fsp3) is 0.333. The smallest absolute Gasteiger partial charge is 0.331 e. The first kappa shape index (κ1) is 14.3.